The predicted octanol–water partition coefficient (Wildman–Crippen LogP) is 3.01. The first kappa shape index (κ1) is 15.3. The van der Waals surface area contributed by atoms with Gasteiger partial charge in [0.2, 0.25) is 5.91 Å². The van der Waals surface area contributed by atoms with Gasteiger partial charge in [0.05, 0.1) is 6.04 Å². The average Bonchev–Trinajstić information content (AvgIpc) is 2.49. The van der Waals surface area contributed by atoms with E-state index in [1.54, 1.807) is 6.07 Å². The molecule has 1 unspecified atom stereocenters. The van der Waals surface area contributed by atoms with E-state index in [0.29, 0.717) is 5.56 Å². The molecule has 1 atom stereocenters. The van der Waals surface area contributed by atoms with Gasteiger partial charge in [-0.2, -0.15) is 0 Å². The largest absolute Gasteiger partial charge is 0.366 e. The molecule has 0 radical (unpaired) electrons. The van der Waals surface area contributed by atoms with E-state index in [9.17, 15) is 4.79 Å². The second-order valence-electron chi connectivity index (χ2n) is 5.39. The minimum atomic E-state index is -0.400. The molecule has 3 heteroatoms. The standard InChI is InChI=1S/C18H22N2O/c1-4-13-5-7-14(8-6-13)17(19)15-9-10-16(18(20)21)12(3)11(15)2/h5-10,17H,4,19H2,1-3H3,(H2,20,21). The number of rotatable bonds is 4. The Bertz CT molecular complexity index is 660. The molecule has 0 spiro atoms. The van der Waals surface area contributed by atoms with Gasteiger partial charge in [-0.3, -0.25) is 4.79 Å². The van der Waals surface area contributed by atoms with Crippen molar-refractivity contribution in [2.75, 3.05) is 0 Å². The lowest BCUT2D eigenvalue weighted by molar-refractivity contribution is 0.0999. The number of benzene rings is 2. The first-order valence-corrected chi connectivity index (χ1v) is 7.20. The first-order valence-electron chi connectivity index (χ1n) is 7.20. The van der Waals surface area contributed by atoms with Crippen LogP contribution in [0.2, 0.25) is 0 Å². The summed E-state index contributed by atoms with van der Waals surface area (Å²) >= 11 is 0. The summed E-state index contributed by atoms with van der Waals surface area (Å²) in [6, 6.07) is 11.8. The lowest BCUT2D eigenvalue weighted by Crippen LogP contribution is -2.17. The Morgan fingerprint density at radius 2 is 1.67 bits per heavy atom. The van der Waals surface area contributed by atoms with Crippen LogP contribution in [0.4, 0.5) is 0 Å². The van der Waals surface area contributed by atoms with E-state index in [0.717, 1.165) is 28.7 Å². The number of nitrogens with two attached hydrogens (primary N) is 2. The minimum Gasteiger partial charge on any atom is -0.366 e. The van der Waals surface area contributed by atoms with Gasteiger partial charge < -0.3 is 11.5 Å². The summed E-state index contributed by atoms with van der Waals surface area (Å²) in [4.78, 5) is 11.4. The van der Waals surface area contributed by atoms with Crippen LogP contribution in [0, 0.1) is 13.8 Å². The molecule has 3 nitrogen and oxygen atoms in total. The molecule has 2 aromatic carbocycles. The number of carbonyl (C=O) groups is 1. The molecule has 2 rings (SSSR count). The van der Waals surface area contributed by atoms with Gasteiger partial charge in [0.1, 0.15) is 0 Å². The third-order valence-electron chi connectivity index (χ3n) is 4.18. The third-order valence-corrected chi connectivity index (χ3v) is 4.18. The number of carbonyl (C=O) groups excluding carboxylic acids is 1. The van der Waals surface area contributed by atoms with Crippen molar-refractivity contribution in [1.29, 1.82) is 0 Å². The van der Waals surface area contributed by atoms with Crippen molar-refractivity contribution < 1.29 is 4.79 Å². The molecule has 0 saturated carbocycles. The molecule has 4 N–H and O–H groups in total. The normalized spacial score (nSPS) is 12.2. The van der Waals surface area contributed by atoms with Gasteiger partial charge in [-0.15, -0.1) is 0 Å². The molecule has 0 aliphatic heterocycles. The molecule has 110 valence electrons. The van der Waals surface area contributed by atoms with Gasteiger partial charge in [0, 0.05) is 5.56 Å². The van der Waals surface area contributed by atoms with Crippen LogP contribution in [0.25, 0.3) is 0 Å². The number of primary amides is 1. The molecule has 0 fully saturated rings. The Hall–Kier alpha value is -2.13. The average molecular weight is 282 g/mol. The fourth-order valence-corrected chi connectivity index (χ4v) is 2.59. The van der Waals surface area contributed by atoms with Crippen LogP contribution in [-0.2, 0) is 6.42 Å². The van der Waals surface area contributed by atoms with Crippen LogP contribution < -0.4 is 11.5 Å². The van der Waals surface area contributed by atoms with Crippen LogP contribution >= 0.6 is 0 Å². The molecule has 0 aliphatic rings. The molecule has 0 aromatic heterocycles. The predicted molar refractivity (Wildman–Crippen MR) is 86.3 cm³/mol. The molecule has 0 aliphatic carbocycles. The SMILES string of the molecule is CCc1ccc(C(N)c2ccc(C(N)=O)c(C)c2C)cc1. The Labute approximate surface area is 126 Å². The van der Waals surface area contributed by atoms with E-state index in [4.69, 9.17) is 11.5 Å². The minimum absolute atomic E-state index is 0.198. The van der Waals surface area contributed by atoms with Crippen molar-refractivity contribution in [1.82, 2.24) is 0 Å². The van der Waals surface area contributed by atoms with Crippen molar-refractivity contribution in [2.24, 2.45) is 11.5 Å². The summed E-state index contributed by atoms with van der Waals surface area (Å²) in [5.74, 6) is -0.400. The van der Waals surface area contributed by atoms with Gasteiger partial charge >= 0.3 is 0 Å². The molecule has 2 aromatic rings. The Morgan fingerprint density at radius 3 is 2.19 bits per heavy atom. The second-order valence-corrected chi connectivity index (χ2v) is 5.39. The highest BCUT2D eigenvalue weighted by molar-refractivity contribution is 5.94. The Balaban J connectivity index is 2.41. The fraction of sp³-hybridized carbons (Fsp3) is 0.278. The van der Waals surface area contributed by atoms with E-state index in [-0.39, 0.29) is 6.04 Å². The van der Waals surface area contributed by atoms with Crippen LogP contribution in [0.15, 0.2) is 36.4 Å². The highest BCUT2D eigenvalue weighted by Crippen LogP contribution is 2.26. The maximum Gasteiger partial charge on any atom is 0.248 e. The summed E-state index contributed by atoms with van der Waals surface area (Å²) in [5, 5.41) is 0. The zero-order chi connectivity index (χ0) is 15.6. The smallest absolute Gasteiger partial charge is 0.248 e. The summed E-state index contributed by atoms with van der Waals surface area (Å²) in [5.41, 5.74) is 17.7. The van der Waals surface area contributed by atoms with Gasteiger partial charge in [-0.05, 0) is 54.2 Å². The monoisotopic (exact) mass is 282 g/mol. The number of hydrogen-bond acceptors (Lipinski definition) is 2. The van der Waals surface area contributed by atoms with E-state index in [1.165, 1.54) is 5.56 Å². The first-order chi connectivity index (χ1) is 9.95. The fourth-order valence-electron chi connectivity index (χ4n) is 2.59. The number of aryl methyl sites for hydroxylation is 1. The molecule has 0 bridgehead atoms. The quantitative estimate of drug-likeness (QED) is 0.905. The van der Waals surface area contributed by atoms with Crippen LogP contribution in [0.3, 0.4) is 0 Å². The van der Waals surface area contributed by atoms with Gasteiger partial charge in [-0.25, -0.2) is 0 Å². The van der Waals surface area contributed by atoms with Crippen molar-refractivity contribution in [2.45, 2.75) is 33.2 Å². The van der Waals surface area contributed by atoms with Crippen LogP contribution in [-0.4, -0.2) is 5.91 Å². The summed E-state index contributed by atoms with van der Waals surface area (Å²) < 4.78 is 0. The lowest BCUT2D eigenvalue weighted by Gasteiger charge is -2.18. The molecular weight excluding hydrogens is 260 g/mol. The molecular formula is C18H22N2O. The highest BCUT2D eigenvalue weighted by atomic mass is 16.1. The topological polar surface area (TPSA) is 69.1 Å². The number of amides is 1. The van der Waals surface area contributed by atoms with Gasteiger partial charge in [0.25, 0.3) is 0 Å². The lowest BCUT2D eigenvalue weighted by atomic mass is 9.90. The maximum absolute atomic E-state index is 11.4. The summed E-state index contributed by atoms with van der Waals surface area (Å²) in [7, 11) is 0. The van der Waals surface area contributed by atoms with Crippen molar-refractivity contribution in [3.05, 3.63) is 69.8 Å². The van der Waals surface area contributed by atoms with Crippen molar-refractivity contribution >= 4 is 5.91 Å². The van der Waals surface area contributed by atoms with Gasteiger partial charge in [0.15, 0.2) is 0 Å². The van der Waals surface area contributed by atoms with Crippen molar-refractivity contribution in [3.8, 4) is 0 Å². The number of hydrogen-bond donors (Lipinski definition) is 2. The van der Waals surface area contributed by atoms with Crippen molar-refractivity contribution in [3.63, 3.8) is 0 Å². The van der Waals surface area contributed by atoms with E-state index >= 15 is 0 Å². The van der Waals surface area contributed by atoms with E-state index in [1.807, 2.05) is 19.9 Å². The molecule has 1 amide bonds. The van der Waals surface area contributed by atoms with E-state index < -0.39 is 5.91 Å². The highest BCUT2D eigenvalue weighted by Gasteiger charge is 2.16. The molecule has 21 heavy (non-hydrogen) atoms. The summed E-state index contributed by atoms with van der Waals surface area (Å²) in [6.07, 6.45) is 1.01. The third kappa shape index (κ3) is 2.98. The maximum atomic E-state index is 11.4. The summed E-state index contributed by atoms with van der Waals surface area (Å²) in [6.45, 7) is 6.02. The Morgan fingerprint density at radius 1 is 1.05 bits per heavy atom. The van der Waals surface area contributed by atoms with Crippen LogP contribution in [0.1, 0.15) is 51.1 Å². The van der Waals surface area contributed by atoms with Gasteiger partial charge in [-0.1, -0.05) is 37.3 Å². The second kappa shape index (κ2) is 6.10. The molecule has 0 heterocycles. The van der Waals surface area contributed by atoms with E-state index in [2.05, 4.69) is 31.2 Å². The zero-order valence-electron chi connectivity index (χ0n) is 12.8. The molecule has 0 saturated heterocycles. The van der Waals surface area contributed by atoms with Crippen LogP contribution in [0.5, 0.6) is 0 Å². The Kier molecular flexibility index (Phi) is 4.43. The zero-order valence-corrected chi connectivity index (χ0v) is 12.8.